The van der Waals surface area contributed by atoms with Gasteiger partial charge in [0.15, 0.2) is 0 Å². The maximum atomic E-state index is 13.1. The van der Waals surface area contributed by atoms with E-state index in [4.69, 9.17) is 0 Å². The highest BCUT2D eigenvalue weighted by Gasteiger charge is 2.26. The average Bonchev–Trinajstić information content (AvgIpc) is 2.70. The van der Waals surface area contributed by atoms with Gasteiger partial charge in [-0.2, -0.15) is 0 Å². The lowest BCUT2D eigenvalue weighted by Crippen LogP contribution is -2.23. The first-order chi connectivity index (χ1) is 13.6. The van der Waals surface area contributed by atoms with E-state index < -0.39 is 16.2 Å². The van der Waals surface area contributed by atoms with Gasteiger partial charge in [0.25, 0.3) is 0 Å². The molecule has 0 spiro atoms. The van der Waals surface area contributed by atoms with Crippen LogP contribution in [0.25, 0.3) is 16.6 Å². The Morgan fingerprint density at radius 3 is 2.21 bits per heavy atom. The van der Waals surface area contributed by atoms with Gasteiger partial charge >= 0.3 is 11.2 Å². The van der Waals surface area contributed by atoms with E-state index in [1.807, 2.05) is 6.07 Å². The molecule has 0 bridgehead atoms. The first-order valence-corrected chi connectivity index (χ1v) is 8.50. The van der Waals surface area contributed by atoms with Crippen molar-refractivity contribution in [1.29, 1.82) is 0 Å². The molecule has 0 saturated heterocycles. The van der Waals surface area contributed by atoms with Crippen LogP contribution < -0.4 is 10.9 Å². The molecule has 3 aromatic carbocycles. The van der Waals surface area contributed by atoms with Crippen LogP contribution in [0.2, 0.25) is 0 Å². The van der Waals surface area contributed by atoms with Crippen LogP contribution in [-0.4, -0.2) is 14.6 Å². The Balaban J connectivity index is 2.05. The zero-order valence-electron chi connectivity index (χ0n) is 14.6. The average molecular weight is 373 g/mol. The van der Waals surface area contributed by atoms with Crippen LogP contribution in [0.1, 0.15) is 0 Å². The predicted molar refractivity (Wildman–Crippen MR) is 108 cm³/mol. The molecule has 1 aromatic heterocycles. The fourth-order valence-corrected chi connectivity index (χ4v) is 3.15. The molecule has 138 valence electrons. The van der Waals surface area contributed by atoms with Gasteiger partial charge < -0.3 is 10.4 Å². The highest BCUT2D eigenvalue weighted by molar-refractivity contribution is 5.98. The van der Waals surface area contributed by atoms with Gasteiger partial charge in [-0.25, -0.2) is 0 Å². The Bertz CT molecular complexity index is 1230. The quantitative estimate of drug-likeness (QED) is 0.315. The van der Waals surface area contributed by atoms with Crippen molar-refractivity contribution in [3.63, 3.8) is 0 Å². The molecule has 2 N–H and O–H groups in total. The normalized spacial score (nSPS) is 10.7. The summed E-state index contributed by atoms with van der Waals surface area (Å²) in [6.07, 6.45) is 0. The molecule has 28 heavy (non-hydrogen) atoms. The number of benzene rings is 3. The minimum absolute atomic E-state index is 0.0735. The number of hydrogen-bond acceptors (Lipinski definition) is 5. The summed E-state index contributed by atoms with van der Waals surface area (Å²) in [7, 11) is 0. The van der Waals surface area contributed by atoms with E-state index in [1.165, 1.54) is 16.7 Å². The molecule has 0 aliphatic carbocycles. The topological polar surface area (TPSA) is 97.4 Å². The molecule has 7 nitrogen and oxygen atoms in total. The minimum Gasteiger partial charge on any atom is -0.508 e. The summed E-state index contributed by atoms with van der Waals surface area (Å²) in [5.74, 6) is 0.0735. The van der Waals surface area contributed by atoms with Crippen LogP contribution in [0.4, 0.5) is 17.1 Å². The molecule has 0 aliphatic rings. The molecule has 0 radical (unpaired) electrons. The van der Waals surface area contributed by atoms with E-state index in [2.05, 4.69) is 5.32 Å². The number of hydrogen-bond donors (Lipinski definition) is 2. The monoisotopic (exact) mass is 373 g/mol. The first-order valence-electron chi connectivity index (χ1n) is 8.50. The maximum Gasteiger partial charge on any atom is 0.358 e. The van der Waals surface area contributed by atoms with E-state index in [-0.39, 0.29) is 11.4 Å². The molecule has 0 aliphatic heterocycles. The maximum absolute atomic E-state index is 13.1. The van der Waals surface area contributed by atoms with Gasteiger partial charge in [0.05, 0.1) is 10.4 Å². The van der Waals surface area contributed by atoms with Crippen molar-refractivity contribution in [2.24, 2.45) is 0 Å². The molecular formula is C21H15N3O4. The predicted octanol–water partition coefficient (Wildman–Crippen LogP) is 4.35. The van der Waals surface area contributed by atoms with Crippen LogP contribution in [-0.2, 0) is 0 Å². The second kappa shape index (κ2) is 6.88. The van der Waals surface area contributed by atoms with Crippen molar-refractivity contribution >= 4 is 28.0 Å². The van der Waals surface area contributed by atoms with Gasteiger partial charge in [-0.3, -0.25) is 19.5 Å². The summed E-state index contributed by atoms with van der Waals surface area (Å²) in [6, 6.07) is 21.9. The second-order valence-electron chi connectivity index (χ2n) is 6.15. The van der Waals surface area contributed by atoms with Crippen LogP contribution >= 0.6 is 0 Å². The first kappa shape index (κ1) is 17.3. The van der Waals surface area contributed by atoms with Crippen LogP contribution in [0.3, 0.4) is 0 Å². The molecule has 4 rings (SSSR count). The summed E-state index contributed by atoms with van der Waals surface area (Å²) in [4.78, 5) is 24.3. The Morgan fingerprint density at radius 1 is 0.893 bits per heavy atom. The highest BCUT2D eigenvalue weighted by atomic mass is 16.6. The zero-order chi connectivity index (χ0) is 19.7. The number of anilines is 2. The Kier molecular flexibility index (Phi) is 4.25. The lowest BCUT2D eigenvalue weighted by molar-refractivity contribution is -0.385. The van der Waals surface area contributed by atoms with E-state index >= 15 is 0 Å². The lowest BCUT2D eigenvalue weighted by Gasteiger charge is -2.15. The fraction of sp³-hybridized carbons (Fsp3) is 0. The summed E-state index contributed by atoms with van der Waals surface area (Å²) in [6.45, 7) is 0. The number of para-hydroxylation sites is 2. The van der Waals surface area contributed by atoms with Crippen molar-refractivity contribution < 1.29 is 10.0 Å². The fourth-order valence-electron chi connectivity index (χ4n) is 3.15. The summed E-state index contributed by atoms with van der Waals surface area (Å²) < 4.78 is 1.34. The zero-order valence-corrected chi connectivity index (χ0v) is 14.6. The highest BCUT2D eigenvalue weighted by Crippen LogP contribution is 2.34. The number of phenols is 1. The second-order valence-corrected chi connectivity index (χ2v) is 6.15. The molecule has 0 saturated carbocycles. The van der Waals surface area contributed by atoms with Gasteiger partial charge in [-0.1, -0.05) is 36.4 Å². The van der Waals surface area contributed by atoms with E-state index in [0.717, 1.165) is 0 Å². The third-order valence-corrected chi connectivity index (χ3v) is 4.39. The minimum atomic E-state index is -0.726. The summed E-state index contributed by atoms with van der Waals surface area (Å²) in [5, 5.41) is 24.8. The van der Waals surface area contributed by atoms with Gasteiger partial charge in [0, 0.05) is 16.8 Å². The van der Waals surface area contributed by atoms with E-state index in [0.29, 0.717) is 22.3 Å². The number of fused-ring (bicyclic) bond motifs is 1. The Morgan fingerprint density at radius 2 is 1.54 bits per heavy atom. The molecule has 0 atom stereocenters. The number of phenolic OH excluding ortho intramolecular Hbond substituents is 1. The molecule has 0 fully saturated rings. The molecule has 0 amide bonds. The number of pyridine rings is 1. The standard InChI is InChI=1S/C21H15N3O4/c25-16-12-10-14(11-13-16)22-19-17-8-4-5-9-18(17)23(15-6-2-1-3-7-15)21(26)20(19)24(27)28/h1-13,22,25H. The van der Waals surface area contributed by atoms with Crippen molar-refractivity contribution in [3.05, 3.63) is 99.3 Å². The van der Waals surface area contributed by atoms with Crippen LogP contribution in [0.5, 0.6) is 5.75 Å². The number of nitrogens with one attached hydrogen (secondary N) is 1. The number of aromatic hydroxyl groups is 1. The van der Waals surface area contributed by atoms with Gasteiger partial charge in [-0.05, 0) is 42.5 Å². The summed E-state index contributed by atoms with van der Waals surface area (Å²) >= 11 is 0. The van der Waals surface area contributed by atoms with Crippen molar-refractivity contribution in [2.75, 3.05) is 5.32 Å². The third-order valence-electron chi connectivity index (χ3n) is 4.39. The smallest absolute Gasteiger partial charge is 0.358 e. The van der Waals surface area contributed by atoms with Crippen molar-refractivity contribution in [3.8, 4) is 11.4 Å². The molecule has 1 heterocycles. The van der Waals surface area contributed by atoms with Gasteiger partial charge in [-0.15, -0.1) is 0 Å². The van der Waals surface area contributed by atoms with Crippen molar-refractivity contribution in [1.82, 2.24) is 4.57 Å². The van der Waals surface area contributed by atoms with Crippen LogP contribution in [0.15, 0.2) is 83.7 Å². The van der Waals surface area contributed by atoms with E-state index in [9.17, 15) is 20.0 Å². The number of aromatic nitrogens is 1. The molecule has 4 aromatic rings. The number of rotatable bonds is 4. The lowest BCUT2D eigenvalue weighted by atomic mass is 10.1. The Labute approximate surface area is 159 Å². The van der Waals surface area contributed by atoms with E-state index in [1.54, 1.807) is 60.7 Å². The number of nitrogens with zero attached hydrogens (tertiary/aromatic N) is 2. The summed E-state index contributed by atoms with van der Waals surface area (Å²) in [5.41, 5.74) is 0.451. The molecule has 0 unspecified atom stereocenters. The third kappa shape index (κ3) is 2.95. The largest absolute Gasteiger partial charge is 0.508 e. The van der Waals surface area contributed by atoms with Gasteiger partial charge in [0.2, 0.25) is 0 Å². The molecule has 7 heteroatoms. The van der Waals surface area contributed by atoms with Crippen molar-refractivity contribution in [2.45, 2.75) is 0 Å². The van der Waals surface area contributed by atoms with Crippen LogP contribution in [0, 0.1) is 10.1 Å². The SMILES string of the molecule is O=c1c([N+](=O)[O-])c(Nc2ccc(O)cc2)c2ccccc2n1-c1ccccc1. The van der Waals surface area contributed by atoms with Gasteiger partial charge in [0.1, 0.15) is 11.4 Å². The molecular weight excluding hydrogens is 358 g/mol. The number of nitro groups is 1. The Hall–Kier alpha value is -4.13.